The molecule has 1 aromatic heterocycles. The summed E-state index contributed by atoms with van der Waals surface area (Å²) in [7, 11) is 0. The van der Waals surface area contributed by atoms with Gasteiger partial charge in [-0.2, -0.15) is 5.10 Å². The first-order valence-corrected chi connectivity index (χ1v) is 7.21. The minimum absolute atomic E-state index is 0.0443. The van der Waals surface area contributed by atoms with Crippen LogP contribution in [0.1, 0.15) is 5.56 Å². The summed E-state index contributed by atoms with van der Waals surface area (Å²) >= 11 is 1.34. The van der Waals surface area contributed by atoms with E-state index in [1.165, 1.54) is 11.8 Å². The average Bonchev–Trinajstić information content (AvgIpc) is 2.94. The van der Waals surface area contributed by atoms with Crippen LogP contribution in [0.25, 0.3) is 11.4 Å². The van der Waals surface area contributed by atoms with Gasteiger partial charge in [0.05, 0.1) is 12.0 Å². The monoisotopic (exact) mass is 297 g/mol. The number of amides is 1. The van der Waals surface area contributed by atoms with E-state index in [4.69, 9.17) is 0 Å². The quantitative estimate of drug-likeness (QED) is 0.690. The molecule has 1 aromatic carbocycles. The number of carbonyl (C=O) groups excluding carboxylic acids is 1. The van der Waals surface area contributed by atoms with E-state index in [0.29, 0.717) is 16.7 Å². The maximum atomic E-state index is 11.0. The maximum absolute atomic E-state index is 11.0. The molecule has 104 valence electrons. The zero-order valence-corrected chi connectivity index (χ0v) is 11.7. The largest absolute Gasteiger partial charge is 0.303 e. The van der Waals surface area contributed by atoms with Crippen LogP contribution in [0.15, 0.2) is 52.9 Å². The first-order chi connectivity index (χ1) is 10.3. The van der Waals surface area contributed by atoms with Gasteiger partial charge in [-0.25, -0.2) is 9.97 Å². The lowest BCUT2D eigenvalue weighted by Crippen LogP contribution is -2.19. The van der Waals surface area contributed by atoms with Crippen molar-refractivity contribution in [2.24, 2.45) is 10.2 Å². The highest BCUT2D eigenvalue weighted by molar-refractivity contribution is 8.15. The fourth-order valence-corrected chi connectivity index (χ4v) is 2.36. The Kier molecular flexibility index (Phi) is 4.02. The number of nitrogens with zero attached hydrogens (tertiary/aromatic N) is 4. The van der Waals surface area contributed by atoms with Crippen molar-refractivity contribution in [2.75, 3.05) is 5.75 Å². The summed E-state index contributed by atoms with van der Waals surface area (Å²) in [6.07, 6.45) is 5.04. The standard InChI is InChI=1S/C14H11N5OS/c20-12-9-21-14(18-12)19-17-8-10-3-1-4-11(7-10)13-15-5-2-6-16-13/h1-8H,9H2,(H,18,19,20). The van der Waals surface area contributed by atoms with Crippen LogP contribution in [0.2, 0.25) is 0 Å². The Morgan fingerprint density at radius 1 is 1.24 bits per heavy atom. The van der Waals surface area contributed by atoms with E-state index in [1.54, 1.807) is 24.7 Å². The van der Waals surface area contributed by atoms with Gasteiger partial charge in [-0.15, -0.1) is 5.10 Å². The fourth-order valence-electron chi connectivity index (χ4n) is 1.73. The molecule has 0 saturated carbocycles. The van der Waals surface area contributed by atoms with Gasteiger partial charge in [-0.3, -0.25) is 4.79 Å². The van der Waals surface area contributed by atoms with Crippen molar-refractivity contribution >= 4 is 29.1 Å². The number of rotatable bonds is 3. The highest BCUT2D eigenvalue weighted by Gasteiger charge is 2.15. The molecule has 1 aliphatic rings. The summed E-state index contributed by atoms with van der Waals surface area (Å²) in [6, 6.07) is 9.46. The number of carbonyl (C=O) groups is 1. The smallest absolute Gasteiger partial charge is 0.236 e. The Hall–Kier alpha value is -2.54. The number of hydrogen-bond acceptors (Lipinski definition) is 6. The first-order valence-electron chi connectivity index (χ1n) is 6.22. The van der Waals surface area contributed by atoms with Gasteiger partial charge in [0.15, 0.2) is 11.0 Å². The van der Waals surface area contributed by atoms with Crippen LogP contribution < -0.4 is 5.32 Å². The molecule has 0 spiro atoms. The lowest BCUT2D eigenvalue weighted by Gasteiger charge is -1.99. The van der Waals surface area contributed by atoms with Crippen molar-refractivity contribution in [2.45, 2.75) is 0 Å². The lowest BCUT2D eigenvalue weighted by atomic mass is 10.1. The number of benzene rings is 1. The maximum Gasteiger partial charge on any atom is 0.236 e. The second-order valence-corrected chi connectivity index (χ2v) is 5.15. The van der Waals surface area contributed by atoms with E-state index in [9.17, 15) is 4.79 Å². The SMILES string of the molecule is O=C1CSC(=NN=Cc2cccc(-c3ncccn3)c2)N1. The predicted octanol–water partition coefficient (Wildman–Crippen LogP) is 1.70. The summed E-state index contributed by atoms with van der Waals surface area (Å²) in [5, 5.41) is 11.1. The van der Waals surface area contributed by atoms with Gasteiger partial charge in [-0.1, -0.05) is 30.0 Å². The molecule has 2 heterocycles. The van der Waals surface area contributed by atoms with Gasteiger partial charge in [0.25, 0.3) is 0 Å². The topological polar surface area (TPSA) is 79.6 Å². The molecule has 1 amide bonds. The van der Waals surface area contributed by atoms with E-state index in [-0.39, 0.29) is 5.91 Å². The van der Waals surface area contributed by atoms with Crippen molar-refractivity contribution in [3.8, 4) is 11.4 Å². The van der Waals surface area contributed by atoms with Crippen LogP contribution in [-0.4, -0.2) is 33.0 Å². The predicted molar refractivity (Wildman–Crippen MR) is 83.1 cm³/mol. The van der Waals surface area contributed by atoms with Gasteiger partial charge < -0.3 is 5.32 Å². The van der Waals surface area contributed by atoms with Crippen molar-refractivity contribution in [1.29, 1.82) is 0 Å². The number of amidine groups is 1. The molecule has 1 saturated heterocycles. The summed E-state index contributed by atoms with van der Waals surface area (Å²) in [5.74, 6) is 1.02. The van der Waals surface area contributed by atoms with Gasteiger partial charge in [-0.05, 0) is 17.7 Å². The highest BCUT2D eigenvalue weighted by Crippen LogP contribution is 2.14. The molecule has 0 bridgehead atoms. The van der Waals surface area contributed by atoms with E-state index in [1.807, 2.05) is 24.3 Å². The fraction of sp³-hybridized carbons (Fsp3) is 0.0714. The molecule has 0 atom stereocenters. The van der Waals surface area contributed by atoms with E-state index >= 15 is 0 Å². The number of hydrogen-bond donors (Lipinski definition) is 1. The molecular weight excluding hydrogens is 286 g/mol. The zero-order valence-electron chi connectivity index (χ0n) is 10.9. The molecule has 6 nitrogen and oxygen atoms in total. The third-order valence-corrected chi connectivity index (χ3v) is 3.52. The van der Waals surface area contributed by atoms with Crippen LogP contribution in [0.3, 0.4) is 0 Å². The van der Waals surface area contributed by atoms with Crippen LogP contribution in [0, 0.1) is 0 Å². The Bertz CT molecular complexity index is 714. The normalized spacial score (nSPS) is 16.6. The molecule has 1 N–H and O–H groups in total. The van der Waals surface area contributed by atoms with Crippen LogP contribution in [0.4, 0.5) is 0 Å². The van der Waals surface area contributed by atoms with Crippen molar-refractivity contribution in [1.82, 2.24) is 15.3 Å². The number of aromatic nitrogens is 2. The molecule has 0 radical (unpaired) electrons. The van der Waals surface area contributed by atoms with E-state index in [0.717, 1.165) is 11.1 Å². The Morgan fingerprint density at radius 2 is 2.10 bits per heavy atom. The van der Waals surface area contributed by atoms with Gasteiger partial charge in [0.1, 0.15) is 0 Å². The first kappa shape index (κ1) is 13.4. The van der Waals surface area contributed by atoms with Crippen molar-refractivity contribution in [3.63, 3.8) is 0 Å². The molecule has 1 aliphatic heterocycles. The zero-order chi connectivity index (χ0) is 14.5. The average molecular weight is 297 g/mol. The van der Waals surface area contributed by atoms with Crippen LogP contribution in [-0.2, 0) is 4.79 Å². The van der Waals surface area contributed by atoms with Gasteiger partial charge >= 0.3 is 0 Å². The summed E-state index contributed by atoms with van der Waals surface area (Å²) in [5.41, 5.74) is 1.80. The molecule has 1 fully saturated rings. The molecule has 0 unspecified atom stereocenters. The molecule has 21 heavy (non-hydrogen) atoms. The van der Waals surface area contributed by atoms with Crippen LogP contribution >= 0.6 is 11.8 Å². The van der Waals surface area contributed by atoms with Crippen molar-refractivity contribution in [3.05, 3.63) is 48.3 Å². The van der Waals surface area contributed by atoms with Gasteiger partial charge in [0, 0.05) is 18.0 Å². The molecule has 7 heteroatoms. The third-order valence-electron chi connectivity index (χ3n) is 2.65. The van der Waals surface area contributed by atoms with Crippen molar-refractivity contribution < 1.29 is 4.79 Å². The minimum Gasteiger partial charge on any atom is -0.303 e. The summed E-state index contributed by atoms with van der Waals surface area (Å²) in [6.45, 7) is 0. The minimum atomic E-state index is -0.0443. The van der Waals surface area contributed by atoms with Gasteiger partial charge in [0.2, 0.25) is 5.91 Å². The molecule has 0 aliphatic carbocycles. The Labute approximate surface area is 125 Å². The molecule has 2 aromatic rings. The highest BCUT2D eigenvalue weighted by atomic mass is 32.2. The number of thioether (sulfide) groups is 1. The number of nitrogens with one attached hydrogen (secondary N) is 1. The van der Waals surface area contributed by atoms with E-state index in [2.05, 4.69) is 25.5 Å². The second kappa shape index (κ2) is 6.27. The summed E-state index contributed by atoms with van der Waals surface area (Å²) < 4.78 is 0. The second-order valence-electron chi connectivity index (χ2n) is 4.18. The third kappa shape index (κ3) is 3.51. The summed E-state index contributed by atoms with van der Waals surface area (Å²) in [4.78, 5) is 19.4. The lowest BCUT2D eigenvalue weighted by molar-refractivity contribution is -0.116. The van der Waals surface area contributed by atoms with Crippen LogP contribution in [0.5, 0.6) is 0 Å². The van der Waals surface area contributed by atoms with E-state index < -0.39 is 0 Å². The Balaban J connectivity index is 1.76. The molecule has 3 rings (SSSR count). The molecular formula is C14H11N5OS. The Morgan fingerprint density at radius 3 is 2.86 bits per heavy atom.